The van der Waals surface area contributed by atoms with Crippen molar-refractivity contribution < 1.29 is 18.8 Å². The Balaban J connectivity index is 2.39. The Morgan fingerprint density at radius 3 is 2.87 bits per heavy atom. The van der Waals surface area contributed by atoms with Crippen LogP contribution in [0.25, 0.3) is 0 Å². The highest BCUT2D eigenvalue weighted by Crippen LogP contribution is 2.07. The predicted molar refractivity (Wildman–Crippen MR) is 51.1 cm³/mol. The highest BCUT2D eigenvalue weighted by Gasteiger charge is 2.11. The number of rotatable bonds is 4. The second-order valence-corrected chi connectivity index (χ2v) is 2.85. The van der Waals surface area contributed by atoms with Crippen LogP contribution in [-0.2, 0) is 14.3 Å². The van der Waals surface area contributed by atoms with E-state index in [-0.39, 0.29) is 13.0 Å². The lowest BCUT2D eigenvalue weighted by Crippen LogP contribution is -2.18. The molecule has 0 radical (unpaired) electrons. The summed E-state index contributed by atoms with van der Waals surface area (Å²) in [5, 5.41) is 5.96. The van der Waals surface area contributed by atoms with Crippen LogP contribution in [0, 0.1) is 6.92 Å². The van der Waals surface area contributed by atoms with Gasteiger partial charge in [-0.2, -0.15) is 0 Å². The van der Waals surface area contributed by atoms with Crippen LogP contribution >= 0.6 is 0 Å². The zero-order chi connectivity index (χ0) is 11.3. The lowest BCUT2D eigenvalue weighted by Gasteiger charge is -2.00. The van der Waals surface area contributed by atoms with Crippen LogP contribution in [0.4, 0.5) is 5.82 Å². The smallest absolute Gasteiger partial charge is 0.315 e. The molecule has 0 saturated carbocycles. The van der Waals surface area contributed by atoms with Gasteiger partial charge >= 0.3 is 5.97 Å². The molecule has 0 atom stereocenters. The maximum absolute atomic E-state index is 11.2. The molecule has 1 aromatic heterocycles. The zero-order valence-corrected chi connectivity index (χ0v) is 8.57. The number of aromatic nitrogens is 1. The fourth-order valence-electron chi connectivity index (χ4n) is 0.955. The van der Waals surface area contributed by atoms with E-state index >= 15 is 0 Å². The van der Waals surface area contributed by atoms with Crippen molar-refractivity contribution in [2.45, 2.75) is 20.3 Å². The van der Waals surface area contributed by atoms with Gasteiger partial charge in [0.1, 0.15) is 12.2 Å². The van der Waals surface area contributed by atoms with Crippen molar-refractivity contribution in [2.24, 2.45) is 0 Å². The van der Waals surface area contributed by atoms with Crippen LogP contribution in [0.15, 0.2) is 10.6 Å². The van der Waals surface area contributed by atoms with Gasteiger partial charge < -0.3 is 14.6 Å². The van der Waals surface area contributed by atoms with Gasteiger partial charge in [-0.3, -0.25) is 9.59 Å². The molecule has 0 saturated heterocycles. The Morgan fingerprint density at radius 2 is 2.33 bits per heavy atom. The standard InChI is InChI=1S/C9H12N2O4/c1-3-14-9(13)5-8(12)10-7-4-6(2)15-11-7/h4H,3,5H2,1-2H3,(H,10,11,12). The van der Waals surface area contributed by atoms with Crippen LogP contribution in [0.3, 0.4) is 0 Å². The molecule has 1 heterocycles. The van der Waals surface area contributed by atoms with Crippen molar-refractivity contribution >= 4 is 17.7 Å². The lowest BCUT2D eigenvalue weighted by atomic mass is 10.4. The summed E-state index contributed by atoms with van der Waals surface area (Å²) in [6.07, 6.45) is -0.320. The molecule has 6 nitrogen and oxygen atoms in total. The molecule has 0 aromatic carbocycles. The van der Waals surface area contributed by atoms with Crippen molar-refractivity contribution in [3.8, 4) is 0 Å². The first kappa shape index (κ1) is 11.2. The molecule has 0 aliphatic rings. The van der Waals surface area contributed by atoms with Gasteiger partial charge in [0.25, 0.3) is 0 Å². The van der Waals surface area contributed by atoms with E-state index in [9.17, 15) is 9.59 Å². The maximum atomic E-state index is 11.2. The number of hydrogen-bond donors (Lipinski definition) is 1. The van der Waals surface area contributed by atoms with Crippen LogP contribution in [0.1, 0.15) is 19.1 Å². The molecule has 0 bridgehead atoms. The summed E-state index contributed by atoms with van der Waals surface area (Å²) in [6.45, 7) is 3.64. The molecule has 6 heteroatoms. The van der Waals surface area contributed by atoms with Crippen molar-refractivity contribution in [1.29, 1.82) is 0 Å². The highest BCUT2D eigenvalue weighted by atomic mass is 16.5. The van der Waals surface area contributed by atoms with Gasteiger partial charge in [0.2, 0.25) is 5.91 Å². The van der Waals surface area contributed by atoms with Crippen LogP contribution in [0.5, 0.6) is 0 Å². The average Bonchev–Trinajstić information content (AvgIpc) is 2.51. The first-order chi connectivity index (χ1) is 7.11. The Kier molecular flexibility index (Phi) is 3.84. The highest BCUT2D eigenvalue weighted by molar-refractivity contribution is 6.01. The van der Waals surface area contributed by atoms with Crippen molar-refractivity contribution in [3.05, 3.63) is 11.8 Å². The van der Waals surface area contributed by atoms with Gasteiger partial charge in [-0.25, -0.2) is 0 Å². The molecular weight excluding hydrogens is 200 g/mol. The molecule has 1 rings (SSSR count). The Labute approximate surface area is 86.6 Å². The fraction of sp³-hybridized carbons (Fsp3) is 0.444. The van der Waals surface area contributed by atoms with Gasteiger partial charge in [-0.05, 0) is 13.8 Å². The molecule has 0 aliphatic heterocycles. The third-order valence-electron chi connectivity index (χ3n) is 1.51. The van der Waals surface area contributed by atoms with E-state index in [2.05, 4.69) is 15.2 Å². The van der Waals surface area contributed by atoms with E-state index in [1.165, 1.54) is 0 Å². The largest absolute Gasteiger partial charge is 0.466 e. The molecule has 1 amide bonds. The molecule has 15 heavy (non-hydrogen) atoms. The first-order valence-electron chi connectivity index (χ1n) is 4.50. The quantitative estimate of drug-likeness (QED) is 0.591. The minimum Gasteiger partial charge on any atom is -0.466 e. The first-order valence-corrected chi connectivity index (χ1v) is 4.50. The van der Waals surface area contributed by atoms with Crippen molar-refractivity contribution in [1.82, 2.24) is 5.16 Å². The van der Waals surface area contributed by atoms with Crippen LogP contribution < -0.4 is 5.32 Å². The van der Waals surface area contributed by atoms with Crippen LogP contribution in [0.2, 0.25) is 0 Å². The number of carbonyl (C=O) groups excluding carboxylic acids is 2. The topological polar surface area (TPSA) is 81.4 Å². The summed E-state index contributed by atoms with van der Waals surface area (Å²) < 4.78 is 9.35. The molecule has 0 unspecified atom stereocenters. The number of aryl methyl sites for hydroxylation is 1. The normalized spacial score (nSPS) is 9.73. The summed E-state index contributed by atoms with van der Waals surface area (Å²) in [5.41, 5.74) is 0. The average molecular weight is 212 g/mol. The van der Waals surface area contributed by atoms with Gasteiger partial charge in [0.05, 0.1) is 6.61 Å². The summed E-state index contributed by atoms with van der Waals surface area (Å²) >= 11 is 0. The number of nitrogens with one attached hydrogen (secondary N) is 1. The minimum atomic E-state index is -0.560. The molecule has 1 N–H and O–H groups in total. The summed E-state index contributed by atoms with van der Waals surface area (Å²) in [4.78, 5) is 22.1. The molecule has 82 valence electrons. The Hall–Kier alpha value is -1.85. The fourth-order valence-corrected chi connectivity index (χ4v) is 0.955. The number of ether oxygens (including phenoxy) is 1. The predicted octanol–water partition coefficient (Wildman–Crippen LogP) is 0.875. The number of anilines is 1. The molecule has 0 spiro atoms. The zero-order valence-electron chi connectivity index (χ0n) is 8.57. The Morgan fingerprint density at radius 1 is 1.60 bits per heavy atom. The number of hydrogen-bond acceptors (Lipinski definition) is 5. The van der Waals surface area contributed by atoms with E-state index in [1.54, 1.807) is 19.9 Å². The van der Waals surface area contributed by atoms with E-state index in [0.29, 0.717) is 11.6 Å². The number of nitrogens with zero attached hydrogens (tertiary/aromatic N) is 1. The number of carbonyl (C=O) groups is 2. The van der Waals surface area contributed by atoms with Gasteiger partial charge in [0.15, 0.2) is 5.82 Å². The molecular formula is C9H12N2O4. The van der Waals surface area contributed by atoms with Crippen LogP contribution in [-0.4, -0.2) is 23.6 Å². The summed E-state index contributed by atoms with van der Waals surface area (Å²) in [7, 11) is 0. The third-order valence-corrected chi connectivity index (χ3v) is 1.51. The summed E-state index contributed by atoms with van der Waals surface area (Å²) in [5.74, 6) is -0.153. The third kappa shape index (κ3) is 3.80. The van der Waals surface area contributed by atoms with E-state index in [4.69, 9.17) is 4.52 Å². The van der Waals surface area contributed by atoms with Gasteiger partial charge in [-0.1, -0.05) is 5.16 Å². The van der Waals surface area contributed by atoms with Gasteiger partial charge in [-0.15, -0.1) is 0 Å². The minimum absolute atomic E-state index is 0.259. The lowest BCUT2D eigenvalue weighted by molar-refractivity contribution is -0.145. The summed E-state index contributed by atoms with van der Waals surface area (Å²) in [6, 6.07) is 1.56. The number of amides is 1. The van der Waals surface area contributed by atoms with Crippen molar-refractivity contribution in [3.63, 3.8) is 0 Å². The molecule has 1 aromatic rings. The van der Waals surface area contributed by atoms with Crippen molar-refractivity contribution in [2.75, 3.05) is 11.9 Å². The van der Waals surface area contributed by atoms with E-state index in [0.717, 1.165) is 0 Å². The molecule has 0 fully saturated rings. The van der Waals surface area contributed by atoms with E-state index in [1.807, 2.05) is 0 Å². The van der Waals surface area contributed by atoms with E-state index < -0.39 is 11.9 Å². The number of esters is 1. The monoisotopic (exact) mass is 212 g/mol. The molecule has 0 aliphatic carbocycles. The maximum Gasteiger partial charge on any atom is 0.315 e. The SMILES string of the molecule is CCOC(=O)CC(=O)Nc1cc(C)on1. The van der Waals surface area contributed by atoms with Gasteiger partial charge in [0, 0.05) is 6.07 Å². The Bertz CT molecular complexity index is 359. The second-order valence-electron chi connectivity index (χ2n) is 2.85. The second kappa shape index (κ2) is 5.14.